The highest BCUT2D eigenvalue weighted by Crippen LogP contribution is 2.22. The fourth-order valence-corrected chi connectivity index (χ4v) is 1.98. The number of hydrogen-bond donors (Lipinski definition) is 0. The van der Waals surface area contributed by atoms with Crippen molar-refractivity contribution in [2.75, 3.05) is 0 Å². The van der Waals surface area contributed by atoms with Crippen molar-refractivity contribution in [1.82, 2.24) is 9.78 Å². The first-order valence-corrected chi connectivity index (χ1v) is 5.42. The Bertz CT molecular complexity index is 638. The van der Waals surface area contributed by atoms with E-state index in [4.69, 9.17) is 11.6 Å². The summed E-state index contributed by atoms with van der Waals surface area (Å²) in [5.74, 6) is 0. The molecule has 0 atom stereocenters. The third-order valence-corrected chi connectivity index (χ3v) is 2.77. The maximum atomic E-state index is 5.83. The van der Waals surface area contributed by atoms with E-state index >= 15 is 0 Å². The van der Waals surface area contributed by atoms with E-state index in [9.17, 15) is 0 Å². The van der Waals surface area contributed by atoms with Gasteiger partial charge in [-0.25, -0.2) is 4.68 Å². The van der Waals surface area contributed by atoms with Crippen molar-refractivity contribution in [3.63, 3.8) is 0 Å². The van der Waals surface area contributed by atoms with Crippen molar-refractivity contribution in [3.05, 3.63) is 59.9 Å². The second-order valence-electron chi connectivity index (χ2n) is 3.58. The lowest BCUT2D eigenvalue weighted by atomic mass is 10.1. The smallest absolute Gasteiger partial charge is 0.151 e. The summed E-state index contributed by atoms with van der Waals surface area (Å²) in [7, 11) is 0. The van der Waals surface area contributed by atoms with E-state index in [2.05, 4.69) is 23.3 Å². The molecule has 0 aliphatic carbocycles. The van der Waals surface area contributed by atoms with Crippen LogP contribution in [0, 0.1) is 0 Å². The van der Waals surface area contributed by atoms with Crippen molar-refractivity contribution in [2.24, 2.45) is 0 Å². The van der Waals surface area contributed by atoms with Crippen LogP contribution >= 0.6 is 11.6 Å². The lowest BCUT2D eigenvalue weighted by molar-refractivity contribution is 0.888. The van der Waals surface area contributed by atoms with E-state index in [1.54, 1.807) is 10.7 Å². The Morgan fingerprint density at radius 1 is 0.938 bits per heavy atom. The molecule has 0 fully saturated rings. The van der Waals surface area contributed by atoms with E-state index in [1.165, 1.54) is 10.8 Å². The molecule has 0 spiro atoms. The van der Waals surface area contributed by atoms with Crippen LogP contribution in [0.1, 0.15) is 0 Å². The van der Waals surface area contributed by atoms with Gasteiger partial charge in [-0.2, -0.15) is 5.10 Å². The van der Waals surface area contributed by atoms with Gasteiger partial charge in [0.05, 0.1) is 5.69 Å². The van der Waals surface area contributed by atoms with Gasteiger partial charge in [0.15, 0.2) is 5.15 Å². The lowest BCUT2D eigenvalue weighted by Gasteiger charge is -2.05. The minimum Gasteiger partial charge on any atom is -0.239 e. The van der Waals surface area contributed by atoms with Crippen LogP contribution in [0.3, 0.4) is 0 Å². The van der Waals surface area contributed by atoms with Crippen LogP contribution in [0.2, 0.25) is 5.15 Å². The number of fused-ring (bicyclic) bond motifs is 1. The zero-order chi connectivity index (χ0) is 11.0. The number of halogens is 1. The largest absolute Gasteiger partial charge is 0.239 e. The van der Waals surface area contributed by atoms with E-state index in [1.807, 2.05) is 30.5 Å². The van der Waals surface area contributed by atoms with E-state index in [-0.39, 0.29) is 0 Å². The normalized spacial score (nSPS) is 10.8. The Hall–Kier alpha value is -1.80. The Morgan fingerprint density at radius 3 is 2.56 bits per heavy atom. The van der Waals surface area contributed by atoms with E-state index in [0.29, 0.717) is 5.15 Å². The lowest BCUT2D eigenvalue weighted by Crippen LogP contribution is -1.95. The highest BCUT2D eigenvalue weighted by atomic mass is 35.5. The number of rotatable bonds is 1. The fraction of sp³-hybridized carbons (Fsp3) is 0. The molecule has 2 aromatic carbocycles. The third kappa shape index (κ3) is 1.48. The van der Waals surface area contributed by atoms with Gasteiger partial charge in [-0.1, -0.05) is 48.0 Å². The van der Waals surface area contributed by atoms with Crippen molar-refractivity contribution in [2.45, 2.75) is 0 Å². The Morgan fingerprint density at radius 2 is 1.75 bits per heavy atom. The van der Waals surface area contributed by atoms with Gasteiger partial charge >= 0.3 is 0 Å². The minimum atomic E-state index is 0.507. The summed E-state index contributed by atoms with van der Waals surface area (Å²) in [6, 6.07) is 16.1. The molecule has 1 aromatic heterocycles. The van der Waals surface area contributed by atoms with Crippen LogP contribution in [-0.2, 0) is 0 Å². The van der Waals surface area contributed by atoms with Gasteiger partial charge in [0.2, 0.25) is 0 Å². The van der Waals surface area contributed by atoms with Crippen molar-refractivity contribution >= 4 is 22.4 Å². The number of benzene rings is 2. The molecule has 0 radical (unpaired) electrons. The average molecular weight is 229 g/mol. The van der Waals surface area contributed by atoms with Gasteiger partial charge in [0, 0.05) is 11.6 Å². The molecule has 0 aliphatic heterocycles. The SMILES string of the molecule is Clc1ccn(-c2cccc3ccccc23)n1. The Balaban J connectivity index is 2.31. The Kier molecular flexibility index (Phi) is 2.15. The van der Waals surface area contributed by atoms with Crippen molar-refractivity contribution in [3.8, 4) is 5.69 Å². The van der Waals surface area contributed by atoms with Crippen LogP contribution in [0.25, 0.3) is 16.5 Å². The standard InChI is InChI=1S/C13H9ClN2/c14-13-8-9-16(15-13)12-7-3-5-10-4-1-2-6-11(10)12/h1-9H. The molecule has 0 N–H and O–H groups in total. The summed E-state index contributed by atoms with van der Waals surface area (Å²) in [6.07, 6.45) is 1.87. The highest BCUT2D eigenvalue weighted by Gasteiger charge is 2.03. The molecule has 0 amide bonds. The molecule has 3 aromatic rings. The zero-order valence-corrected chi connectivity index (χ0v) is 9.22. The molecule has 16 heavy (non-hydrogen) atoms. The summed E-state index contributed by atoms with van der Waals surface area (Å²) in [6.45, 7) is 0. The van der Waals surface area contributed by atoms with Crippen LogP contribution in [0.5, 0.6) is 0 Å². The monoisotopic (exact) mass is 228 g/mol. The fourth-order valence-electron chi connectivity index (χ4n) is 1.84. The van der Waals surface area contributed by atoms with E-state index in [0.717, 1.165) is 5.69 Å². The van der Waals surface area contributed by atoms with Crippen molar-refractivity contribution < 1.29 is 0 Å². The number of nitrogens with zero attached hydrogens (tertiary/aromatic N) is 2. The van der Waals surface area contributed by atoms with Gasteiger partial charge < -0.3 is 0 Å². The van der Waals surface area contributed by atoms with Crippen LogP contribution < -0.4 is 0 Å². The summed E-state index contributed by atoms with van der Waals surface area (Å²) in [5, 5.41) is 7.09. The van der Waals surface area contributed by atoms with Gasteiger partial charge in [-0.3, -0.25) is 0 Å². The second-order valence-corrected chi connectivity index (χ2v) is 3.97. The molecule has 1 heterocycles. The molecule has 0 bridgehead atoms. The van der Waals surface area contributed by atoms with Crippen LogP contribution in [0.4, 0.5) is 0 Å². The molecule has 0 aliphatic rings. The molecule has 3 rings (SSSR count). The van der Waals surface area contributed by atoms with E-state index < -0.39 is 0 Å². The first-order chi connectivity index (χ1) is 7.84. The zero-order valence-electron chi connectivity index (χ0n) is 8.47. The summed E-state index contributed by atoms with van der Waals surface area (Å²) in [4.78, 5) is 0. The predicted molar refractivity (Wildman–Crippen MR) is 66.1 cm³/mol. The average Bonchev–Trinajstić information content (AvgIpc) is 2.75. The molecule has 0 saturated heterocycles. The molecule has 2 nitrogen and oxygen atoms in total. The molecular weight excluding hydrogens is 220 g/mol. The minimum absolute atomic E-state index is 0.507. The van der Waals surface area contributed by atoms with Gasteiger partial charge in [0.1, 0.15) is 0 Å². The molecule has 0 saturated carbocycles. The predicted octanol–water partition coefficient (Wildman–Crippen LogP) is 3.68. The maximum Gasteiger partial charge on any atom is 0.151 e. The topological polar surface area (TPSA) is 17.8 Å². The number of hydrogen-bond acceptors (Lipinski definition) is 1. The third-order valence-electron chi connectivity index (χ3n) is 2.57. The summed E-state index contributed by atoms with van der Waals surface area (Å²) in [5.41, 5.74) is 1.05. The number of aromatic nitrogens is 2. The Labute approximate surface area is 98.1 Å². The van der Waals surface area contributed by atoms with Gasteiger partial charge in [0.25, 0.3) is 0 Å². The van der Waals surface area contributed by atoms with Gasteiger partial charge in [-0.05, 0) is 17.5 Å². The molecule has 3 heteroatoms. The quantitative estimate of drug-likeness (QED) is 0.621. The summed E-state index contributed by atoms with van der Waals surface area (Å²) < 4.78 is 1.80. The second kappa shape index (κ2) is 3.65. The molecule has 0 unspecified atom stereocenters. The highest BCUT2D eigenvalue weighted by molar-refractivity contribution is 6.29. The summed E-state index contributed by atoms with van der Waals surface area (Å²) >= 11 is 5.83. The first-order valence-electron chi connectivity index (χ1n) is 5.04. The van der Waals surface area contributed by atoms with Gasteiger partial charge in [-0.15, -0.1) is 0 Å². The van der Waals surface area contributed by atoms with Crippen LogP contribution in [0.15, 0.2) is 54.7 Å². The first kappa shape index (κ1) is 9.43. The van der Waals surface area contributed by atoms with Crippen molar-refractivity contribution in [1.29, 1.82) is 0 Å². The molecule has 78 valence electrons. The maximum absolute atomic E-state index is 5.83. The van der Waals surface area contributed by atoms with Crippen LogP contribution in [-0.4, -0.2) is 9.78 Å². The molecular formula is C13H9ClN2.